The predicted molar refractivity (Wildman–Crippen MR) is 78.0 cm³/mol. The largest absolute Gasteiger partial charge is 0.0654 e. The van der Waals surface area contributed by atoms with Gasteiger partial charge in [-0.05, 0) is 76.8 Å². The highest BCUT2D eigenvalue weighted by Crippen LogP contribution is 2.34. The molecular weight excluding hydrogens is 208 g/mol. The third-order valence-electron chi connectivity index (χ3n) is 3.76. The molecule has 0 saturated heterocycles. The van der Waals surface area contributed by atoms with E-state index in [1.165, 1.54) is 38.5 Å². The van der Waals surface area contributed by atoms with Crippen molar-refractivity contribution in [3.05, 3.63) is 22.3 Å². The van der Waals surface area contributed by atoms with Gasteiger partial charge in [0.25, 0.3) is 0 Å². The first-order valence-corrected chi connectivity index (χ1v) is 7.43. The third kappa shape index (κ3) is 2.82. The van der Waals surface area contributed by atoms with Gasteiger partial charge in [-0.15, -0.1) is 0 Å². The van der Waals surface area contributed by atoms with Crippen molar-refractivity contribution in [2.24, 2.45) is 0 Å². The highest BCUT2D eigenvalue weighted by atomic mass is 28.1. The minimum atomic E-state index is 1.29. The predicted octanol–water partition coefficient (Wildman–Crippen LogP) is 3.82. The van der Waals surface area contributed by atoms with Crippen LogP contribution < -0.4 is 0 Å². The van der Waals surface area contributed by atoms with Crippen molar-refractivity contribution in [2.75, 3.05) is 0 Å². The molecule has 16 heavy (non-hydrogen) atoms. The van der Waals surface area contributed by atoms with Gasteiger partial charge in [0.15, 0.2) is 0 Å². The summed E-state index contributed by atoms with van der Waals surface area (Å²) in [7, 11) is 2.09. The highest BCUT2D eigenvalue weighted by molar-refractivity contribution is 6.50. The summed E-state index contributed by atoms with van der Waals surface area (Å²) >= 11 is 0. The van der Waals surface area contributed by atoms with Gasteiger partial charge in [0.05, 0.1) is 0 Å². The van der Waals surface area contributed by atoms with Crippen LogP contribution in [0.3, 0.4) is 0 Å². The van der Waals surface area contributed by atoms with Crippen LogP contribution in [0, 0.1) is 0 Å². The molecule has 1 aliphatic rings. The van der Waals surface area contributed by atoms with E-state index in [4.69, 9.17) is 0 Å². The maximum absolute atomic E-state index is 2.31. The molecule has 1 aliphatic carbocycles. The molecule has 0 N–H and O–H groups in total. The molecule has 0 heterocycles. The van der Waals surface area contributed by atoms with Crippen LogP contribution in [-0.2, 0) is 0 Å². The van der Waals surface area contributed by atoms with Gasteiger partial charge in [-0.1, -0.05) is 26.7 Å². The molecule has 1 heteroatoms. The summed E-state index contributed by atoms with van der Waals surface area (Å²) in [5.74, 6) is 0. The van der Waals surface area contributed by atoms with E-state index >= 15 is 0 Å². The van der Waals surface area contributed by atoms with Crippen molar-refractivity contribution >= 4 is 15.0 Å². The average Bonchev–Trinajstić information content (AvgIpc) is 2.49. The quantitative estimate of drug-likeness (QED) is 0.613. The van der Waals surface area contributed by atoms with E-state index in [-0.39, 0.29) is 0 Å². The molecule has 0 unspecified atom stereocenters. The zero-order valence-electron chi connectivity index (χ0n) is 11.4. The summed E-state index contributed by atoms with van der Waals surface area (Å²) in [4.78, 5) is 0. The maximum atomic E-state index is 2.31. The summed E-state index contributed by atoms with van der Waals surface area (Å²) in [6.45, 7) is 9.17. The lowest BCUT2D eigenvalue weighted by Gasteiger charge is -2.09. The Bertz CT molecular complexity index is 331. The smallest absolute Gasteiger partial charge is 0.0132 e. The Morgan fingerprint density at radius 3 is 1.81 bits per heavy atom. The molecule has 0 fully saturated rings. The van der Waals surface area contributed by atoms with Gasteiger partial charge >= 0.3 is 0 Å². The molecule has 0 bridgehead atoms. The first kappa shape index (κ1) is 13.6. The molecule has 0 radical (unpaired) electrons. The minimum absolute atomic E-state index is 1.29. The number of allylic oxidation sites excluding steroid dienone is 4. The minimum Gasteiger partial charge on any atom is -0.0654 e. The molecule has 90 valence electrons. The molecule has 0 amide bonds. The number of hydrogen-bond acceptors (Lipinski definition) is 0. The van der Waals surface area contributed by atoms with Crippen molar-refractivity contribution in [3.63, 3.8) is 0 Å². The molecule has 0 aromatic heterocycles. The van der Waals surface area contributed by atoms with Crippen LogP contribution in [0.15, 0.2) is 22.3 Å². The van der Waals surface area contributed by atoms with E-state index in [0.717, 1.165) is 0 Å². The van der Waals surface area contributed by atoms with Crippen molar-refractivity contribution in [2.45, 2.75) is 66.2 Å². The monoisotopic (exact) mass is 234 g/mol. The van der Waals surface area contributed by atoms with Crippen LogP contribution >= 0.6 is 0 Å². The van der Waals surface area contributed by atoms with Crippen LogP contribution in [0.25, 0.3) is 0 Å². The molecule has 0 saturated carbocycles. The van der Waals surface area contributed by atoms with Crippen LogP contribution in [0.4, 0.5) is 0 Å². The summed E-state index contributed by atoms with van der Waals surface area (Å²) in [5, 5.41) is 1.59. The second-order valence-corrected chi connectivity index (χ2v) is 5.60. The van der Waals surface area contributed by atoms with Gasteiger partial charge < -0.3 is 0 Å². The summed E-state index contributed by atoms with van der Waals surface area (Å²) in [6.07, 6.45) is 7.88. The number of unbranched alkanes of at least 4 members (excludes halogenated alkanes) is 2. The fraction of sp³-hybridized carbons (Fsp3) is 0.667. The lowest BCUT2D eigenvalue weighted by molar-refractivity contribution is 0.766. The molecule has 1 rings (SSSR count). The lowest BCUT2D eigenvalue weighted by Crippen LogP contribution is -2.01. The van der Waals surface area contributed by atoms with E-state index in [0.29, 0.717) is 0 Å². The summed E-state index contributed by atoms with van der Waals surface area (Å²) in [5.41, 5.74) is 6.49. The van der Waals surface area contributed by atoms with Crippen molar-refractivity contribution < 1.29 is 0 Å². The molecule has 0 aromatic rings. The Kier molecular flexibility index (Phi) is 5.40. The van der Waals surface area contributed by atoms with E-state index in [9.17, 15) is 0 Å². The standard InChI is InChI=1S/C15H26Si/c1-5-7-9-13-11(3)12(4)15(16)14(13)10-8-6-2/h5-10,16H2,1-4H3. The van der Waals surface area contributed by atoms with Gasteiger partial charge in [-0.3, -0.25) is 0 Å². The Morgan fingerprint density at radius 2 is 1.31 bits per heavy atom. The van der Waals surface area contributed by atoms with Gasteiger partial charge in [0.1, 0.15) is 0 Å². The van der Waals surface area contributed by atoms with Crippen LogP contribution in [-0.4, -0.2) is 15.0 Å². The normalized spacial score (nSPS) is 16.6. The van der Waals surface area contributed by atoms with E-state index in [1.807, 2.05) is 0 Å². The van der Waals surface area contributed by atoms with Gasteiger partial charge in [-0.2, -0.15) is 0 Å². The second-order valence-electron chi connectivity index (χ2n) is 4.89. The van der Waals surface area contributed by atoms with E-state index < -0.39 is 0 Å². The summed E-state index contributed by atoms with van der Waals surface area (Å²) < 4.78 is 0. The maximum Gasteiger partial charge on any atom is -0.0132 e. The van der Waals surface area contributed by atoms with E-state index in [1.54, 1.807) is 27.5 Å². The topological polar surface area (TPSA) is 0 Å². The zero-order valence-corrected chi connectivity index (χ0v) is 12.9. The molecular formula is C15H26Si. The van der Waals surface area contributed by atoms with Gasteiger partial charge in [0.2, 0.25) is 0 Å². The van der Waals surface area contributed by atoms with Gasteiger partial charge in [-0.25, -0.2) is 0 Å². The Labute approximate surface area is 104 Å². The zero-order chi connectivity index (χ0) is 12.1. The molecule has 0 nitrogen and oxygen atoms in total. The fourth-order valence-corrected chi connectivity index (χ4v) is 3.09. The Morgan fingerprint density at radius 1 is 0.812 bits per heavy atom. The van der Waals surface area contributed by atoms with Crippen LogP contribution in [0.5, 0.6) is 0 Å². The fourth-order valence-electron chi connectivity index (χ4n) is 2.43. The van der Waals surface area contributed by atoms with Crippen molar-refractivity contribution in [1.29, 1.82) is 0 Å². The SMILES string of the molecule is CCCCC1=C(CCCC)C(C)=C(C)C1=[SiH2]. The lowest BCUT2D eigenvalue weighted by atomic mass is 9.97. The molecule has 0 aliphatic heterocycles. The highest BCUT2D eigenvalue weighted by Gasteiger charge is 2.20. The van der Waals surface area contributed by atoms with Crippen LogP contribution in [0.2, 0.25) is 0 Å². The van der Waals surface area contributed by atoms with Crippen molar-refractivity contribution in [3.8, 4) is 0 Å². The Balaban J connectivity index is 2.87. The Hall–Kier alpha value is -0.433. The molecule has 0 atom stereocenters. The molecule has 0 aromatic carbocycles. The second kappa shape index (κ2) is 6.34. The van der Waals surface area contributed by atoms with Gasteiger partial charge in [0, 0.05) is 0 Å². The summed E-state index contributed by atoms with van der Waals surface area (Å²) in [6, 6.07) is 0. The van der Waals surface area contributed by atoms with E-state index in [2.05, 4.69) is 37.5 Å². The molecule has 0 spiro atoms. The third-order valence-corrected chi connectivity index (χ3v) is 4.71. The van der Waals surface area contributed by atoms with Crippen LogP contribution in [0.1, 0.15) is 66.2 Å². The first-order chi connectivity index (χ1) is 7.63. The first-order valence-electron chi connectivity index (χ1n) is 6.72. The van der Waals surface area contributed by atoms with Crippen molar-refractivity contribution in [1.82, 2.24) is 0 Å². The average molecular weight is 234 g/mol. The number of rotatable bonds is 6. The number of hydrogen-bond donors (Lipinski definition) is 0.